The largest absolute Gasteiger partial charge is 0.250 e. The fourth-order valence-corrected chi connectivity index (χ4v) is 1.79. The Bertz CT molecular complexity index is 281. The van der Waals surface area contributed by atoms with Gasteiger partial charge in [0.25, 0.3) is 0 Å². The van der Waals surface area contributed by atoms with Gasteiger partial charge < -0.3 is 0 Å². The number of aliphatic imine (C=N–C) groups is 1. The van der Waals surface area contributed by atoms with Crippen LogP contribution in [0.25, 0.3) is 0 Å². The van der Waals surface area contributed by atoms with Crippen molar-refractivity contribution in [1.82, 2.24) is 5.48 Å². The summed E-state index contributed by atoms with van der Waals surface area (Å²) in [6, 6.07) is 4.14. The number of nitrogens with one attached hydrogen (secondary N) is 1. The first kappa shape index (κ1) is 7.76. The van der Waals surface area contributed by atoms with Crippen LogP contribution in [0.2, 0.25) is 0 Å². The van der Waals surface area contributed by atoms with Crippen LogP contribution in [-0.2, 0) is 11.3 Å². The molecule has 0 spiro atoms. The zero-order valence-corrected chi connectivity index (χ0v) is 7.60. The zero-order valence-electron chi connectivity index (χ0n) is 6.78. The van der Waals surface area contributed by atoms with Gasteiger partial charge >= 0.3 is 0 Å². The van der Waals surface area contributed by atoms with E-state index in [-0.39, 0.29) is 6.23 Å². The monoisotopic (exact) mass is 182 g/mol. The Balaban J connectivity index is 2.00. The molecule has 1 atom stereocenters. The molecule has 1 unspecified atom stereocenters. The second-order valence-corrected chi connectivity index (χ2v) is 3.68. The highest BCUT2D eigenvalue weighted by Crippen LogP contribution is 2.11. The van der Waals surface area contributed by atoms with Gasteiger partial charge in [-0.25, -0.2) is 9.83 Å². The summed E-state index contributed by atoms with van der Waals surface area (Å²) in [5, 5.41) is 2.06. The molecule has 0 fully saturated rings. The van der Waals surface area contributed by atoms with Crippen molar-refractivity contribution in [2.24, 2.45) is 4.99 Å². The molecule has 0 radical (unpaired) electrons. The fourth-order valence-electron chi connectivity index (χ4n) is 1.09. The summed E-state index contributed by atoms with van der Waals surface area (Å²) < 4.78 is 0. The second-order valence-electron chi connectivity index (χ2n) is 2.65. The standard InChI is InChI=1S/C8H10N2OS/c1-6-9-8(10-11-6)5-7-3-2-4-12-7/h2-4,6H,5H2,1H3,(H,9,10). The molecule has 0 aromatic carbocycles. The third-order valence-corrected chi connectivity index (χ3v) is 2.48. The zero-order chi connectivity index (χ0) is 8.39. The van der Waals surface area contributed by atoms with Gasteiger partial charge in [-0.1, -0.05) is 6.07 Å². The molecule has 2 heterocycles. The molecular weight excluding hydrogens is 172 g/mol. The highest BCUT2D eigenvalue weighted by molar-refractivity contribution is 7.10. The molecule has 0 amide bonds. The van der Waals surface area contributed by atoms with E-state index in [1.165, 1.54) is 4.88 Å². The molecule has 1 aliphatic rings. The van der Waals surface area contributed by atoms with Gasteiger partial charge in [0.2, 0.25) is 0 Å². The number of hydroxylamine groups is 1. The summed E-state index contributed by atoms with van der Waals surface area (Å²) in [6.45, 7) is 1.91. The molecule has 64 valence electrons. The van der Waals surface area contributed by atoms with Crippen LogP contribution in [0.15, 0.2) is 22.5 Å². The third kappa shape index (κ3) is 1.65. The molecule has 0 saturated heterocycles. The lowest BCUT2D eigenvalue weighted by atomic mass is 10.3. The van der Waals surface area contributed by atoms with Crippen molar-refractivity contribution in [3.05, 3.63) is 22.4 Å². The van der Waals surface area contributed by atoms with E-state index >= 15 is 0 Å². The Morgan fingerprint density at radius 1 is 1.75 bits per heavy atom. The van der Waals surface area contributed by atoms with Crippen LogP contribution in [0.3, 0.4) is 0 Å². The van der Waals surface area contributed by atoms with Gasteiger partial charge in [0, 0.05) is 11.3 Å². The molecule has 1 aromatic heterocycles. The highest BCUT2D eigenvalue weighted by atomic mass is 32.1. The first-order chi connectivity index (χ1) is 5.84. The molecule has 4 heteroatoms. The average Bonchev–Trinajstić information content (AvgIpc) is 2.63. The van der Waals surface area contributed by atoms with E-state index in [0.717, 1.165) is 12.3 Å². The molecule has 1 aromatic rings. The Hall–Kier alpha value is -0.870. The summed E-state index contributed by atoms with van der Waals surface area (Å²) in [6.07, 6.45) is 0.808. The van der Waals surface area contributed by atoms with Gasteiger partial charge in [0.05, 0.1) is 0 Å². The Kier molecular flexibility index (Phi) is 2.10. The van der Waals surface area contributed by atoms with Crippen LogP contribution < -0.4 is 5.48 Å². The molecule has 12 heavy (non-hydrogen) atoms. The van der Waals surface area contributed by atoms with Gasteiger partial charge in [-0.3, -0.25) is 5.48 Å². The number of nitrogens with zero attached hydrogens (tertiary/aromatic N) is 1. The van der Waals surface area contributed by atoms with Crippen molar-refractivity contribution < 1.29 is 4.84 Å². The predicted molar refractivity (Wildman–Crippen MR) is 49.1 cm³/mol. The van der Waals surface area contributed by atoms with Crippen molar-refractivity contribution in [1.29, 1.82) is 0 Å². The van der Waals surface area contributed by atoms with E-state index in [0.29, 0.717) is 0 Å². The molecule has 1 N–H and O–H groups in total. The Labute approximate surface area is 75.0 Å². The summed E-state index contributed by atoms with van der Waals surface area (Å²) in [7, 11) is 0. The van der Waals surface area contributed by atoms with Crippen LogP contribution >= 0.6 is 11.3 Å². The van der Waals surface area contributed by atoms with Gasteiger partial charge in [-0.15, -0.1) is 11.3 Å². The smallest absolute Gasteiger partial charge is 0.174 e. The number of rotatable bonds is 2. The normalized spacial score (nSPS) is 22.1. The maximum absolute atomic E-state index is 5.07. The summed E-state index contributed by atoms with van der Waals surface area (Å²) in [5.41, 5.74) is 2.80. The molecular formula is C8H10N2OS. The third-order valence-electron chi connectivity index (χ3n) is 1.61. The minimum atomic E-state index is -0.0417. The van der Waals surface area contributed by atoms with E-state index in [1.54, 1.807) is 11.3 Å². The van der Waals surface area contributed by atoms with Crippen LogP contribution in [0, 0.1) is 0 Å². The van der Waals surface area contributed by atoms with Crippen molar-refractivity contribution in [3.63, 3.8) is 0 Å². The highest BCUT2D eigenvalue weighted by Gasteiger charge is 2.12. The second kappa shape index (κ2) is 3.25. The number of amidine groups is 1. The summed E-state index contributed by atoms with van der Waals surface area (Å²) in [5.74, 6) is 0.921. The van der Waals surface area contributed by atoms with Gasteiger partial charge in [0.15, 0.2) is 6.23 Å². The molecule has 0 saturated carbocycles. The lowest BCUT2D eigenvalue weighted by molar-refractivity contribution is 0.0498. The van der Waals surface area contributed by atoms with Gasteiger partial charge in [-0.2, -0.15) is 0 Å². The fraction of sp³-hybridized carbons (Fsp3) is 0.375. The van der Waals surface area contributed by atoms with E-state index in [2.05, 4.69) is 21.9 Å². The van der Waals surface area contributed by atoms with Crippen LogP contribution in [0.5, 0.6) is 0 Å². The molecule has 2 rings (SSSR count). The Morgan fingerprint density at radius 2 is 2.67 bits per heavy atom. The van der Waals surface area contributed by atoms with Crippen LogP contribution in [-0.4, -0.2) is 12.1 Å². The minimum Gasteiger partial charge on any atom is -0.250 e. The molecule has 1 aliphatic heterocycles. The van der Waals surface area contributed by atoms with Crippen molar-refractivity contribution in [3.8, 4) is 0 Å². The molecule has 0 bridgehead atoms. The molecule has 3 nitrogen and oxygen atoms in total. The topological polar surface area (TPSA) is 33.6 Å². The van der Waals surface area contributed by atoms with E-state index < -0.39 is 0 Å². The SMILES string of the molecule is CC1N=C(Cc2cccs2)NO1. The maximum atomic E-state index is 5.07. The van der Waals surface area contributed by atoms with Gasteiger partial charge in [0.1, 0.15) is 5.84 Å². The maximum Gasteiger partial charge on any atom is 0.174 e. The van der Waals surface area contributed by atoms with Crippen LogP contribution in [0.4, 0.5) is 0 Å². The number of thiophene rings is 1. The van der Waals surface area contributed by atoms with E-state index in [1.807, 2.05) is 13.0 Å². The van der Waals surface area contributed by atoms with Crippen molar-refractivity contribution in [2.45, 2.75) is 19.6 Å². The average molecular weight is 182 g/mol. The summed E-state index contributed by atoms with van der Waals surface area (Å²) in [4.78, 5) is 10.6. The number of hydrogen-bond acceptors (Lipinski definition) is 4. The first-order valence-electron chi connectivity index (χ1n) is 3.85. The van der Waals surface area contributed by atoms with Crippen molar-refractivity contribution in [2.75, 3.05) is 0 Å². The van der Waals surface area contributed by atoms with Gasteiger partial charge in [-0.05, 0) is 18.4 Å². The lowest BCUT2D eigenvalue weighted by Gasteiger charge is -1.97. The lowest BCUT2D eigenvalue weighted by Crippen LogP contribution is -2.19. The summed E-state index contributed by atoms with van der Waals surface area (Å²) >= 11 is 1.73. The number of hydrogen-bond donors (Lipinski definition) is 1. The first-order valence-corrected chi connectivity index (χ1v) is 4.73. The molecule has 0 aliphatic carbocycles. The van der Waals surface area contributed by atoms with E-state index in [9.17, 15) is 0 Å². The van der Waals surface area contributed by atoms with E-state index in [4.69, 9.17) is 4.84 Å². The predicted octanol–water partition coefficient (Wildman–Crippen LogP) is 1.57. The quantitative estimate of drug-likeness (QED) is 0.753. The van der Waals surface area contributed by atoms with Crippen LogP contribution in [0.1, 0.15) is 11.8 Å². The van der Waals surface area contributed by atoms with Crippen molar-refractivity contribution >= 4 is 17.2 Å². The Morgan fingerprint density at radius 3 is 3.25 bits per heavy atom. The minimum absolute atomic E-state index is 0.0417.